The van der Waals surface area contributed by atoms with Crippen LogP contribution in [0.15, 0.2) is 69.4 Å². The zero-order valence-corrected chi connectivity index (χ0v) is 17.1. The molecule has 156 valence electrons. The molecule has 0 aliphatic rings. The Morgan fingerprint density at radius 2 is 1.90 bits per heavy atom. The van der Waals surface area contributed by atoms with Crippen LogP contribution in [0.2, 0.25) is 0 Å². The quantitative estimate of drug-likeness (QED) is 0.205. The molecule has 0 amide bonds. The number of thioether (sulfide) groups is 1. The average molecular weight is 447 g/mol. The van der Waals surface area contributed by atoms with E-state index in [1.54, 1.807) is 0 Å². The predicted octanol–water partition coefficient (Wildman–Crippen LogP) is 2.40. The Kier molecular flexibility index (Phi) is 6.37. The van der Waals surface area contributed by atoms with Gasteiger partial charge in [0.1, 0.15) is 0 Å². The van der Waals surface area contributed by atoms with Gasteiger partial charge in [0, 0.05) is 17.9 Å². The minimum atomic E-state index is -4.28. The molecule has 30 heavy (non-hydrogen) atoms. The molecule has 0 fully saturated rings. The second-order valence-electron chi connectivity index (χ2n) is 6.08. The van der Waals surface area contributed by atoms with Crippen LogP contribution in [-0.4, -0.2) is 29.1 Å². The van der Waals surface area contributed by atoms with Crippen LogP contribution in [0.1, 0.15) is 5.56 Å². The Morgan fingerprint density at radius 1 is 1.17 bits per heavy atom. The molecule has 0 aliphatic heterocycles. The van der Waals surface area contributed by atoms with E-state index in [0.29, 0.717) is 5.75 Å². The van der Waals surface area contributed by atoms with E-state index < -0.39 is 31.9 Å². The Hall–Kier alpha value is -3.38. The highest BCUT2D eigenvalue weighted by Gasteiger charge is 2.21. The van der Waals surface area contributed by atoms with Gasteiger partial charge in [0.2, 0.25) is 0 Å². The van der Waals surface area contributed by atoms with Crippen molar-refractivity contribution in [3.8, 4) is 0 Å². The molecule has 0 aliphatic carbocycles. The van der Waals surface area contributed by atoms with Gasteiger partial charge in [0.15, 0.2) is 16.7 Å². The van der Waals surface area contributed by atoms with Crippen molar-refractivity contribution >= 4 is 39.0 Å². The van der Waals surface area contributed by atoms with E-state index >= 15 is 0 Å². The second kappa shape index (κ2) is 8.97. The van der Waals surface area contributed by atoms with Gasteiger partial charge >= 0.3 is 0 Å². The highest BCUT2D eigenvalue weighted by molar-refractivity contribution is 7.99. The standard InChI is InChI=1S/C18H17N5O5S2/c19-16-15(22-30(27,28)14-8-4-7-13(11-14)23(25)26)17(24)21-18(20-16)29-10-9-12-5-2-1-3-6-12/h1-8,11,22H,9-10H2,(H3,19,20,21,24). The van der Waals surface area contributed by atoms with E-state index in [4.69, 9.17) is 5.73 Å². The molecule has 0 spiro atoms. The molecule has 0 saturated heterocycles. The molecule has 1 aromatic heterocycles. The van der Waals surface area contributed by atoms with Crippen molar-refractivity contribution in [1.82, 2.24) is 9.97 Å². The van der Waals surface area contributed by atoms with Crippen LogP contribution < -0.4 is 16.0 Å². The zero-order chi connectivity index (χ0) is 21.7. The van der Waals surface area contributed by atoms with Gasteiger partial charge in [0.05, 0.1) is 9.82 Å². The summed E-state index contributed by atoms with van der Waals surface area (Å²) in [6, 6.07) is 14.2. The Morgan fingerprint density at radius 3 is 2.57 bits per heavy atom. The van der Waals surface area contributed by atoms with Crippen molar-refractivity contribution < 1.29 is 13.3 Å². The maximum atomic E-state index is 12.5. The molecule has 10 nitrogen and oxygen atoms in total. The van der Waals surface area contributed by atoms with Gasteiger partial charge < -0.3 is 5.73 Å². The summed E-state index contributed by atoms with van der Waals surface area (Å²) in [5.41, 5.74) is 5.30. The third kappa shape index (κ3) is 5.15. The molecule has 0 radical (unpaired) electrons. The Balaban J connectivity index is 1.76. The molecular formula is C18H17N5O5S2. The lowest BCUT2D eigenvalue weighted by Crippen LogP contribution is -2.23. The van der Waals surface area contributed by atoms with E-state index in [0.717, 1.165) is 24.1 Å². The van der Waals surface area contributed by atoms with E-state index in [9.17, 15) is 23.3 Å². The summed E-state index contributed by atoms with van der Waals surface area (Å²) in [4.78, 5) is 28.6. The topological polar surface area (TPSA) is 161 Å². The monoisotopic (exact) mass is 447 g/mol. The predicted molar refractivity (Wildman–Crippen MR) is 114 cm³/mol. The lowest BCUT2D eigenvalue weighted by molar-refractivity contribution is -0.385. The van der Waals surface area contributed by atoms with Gasteiger partial charge in [-0.2, -0.15) is 0 Å². The summed E-state index contributed by atoms with van der Waals surface area (Å²) in [7, 11) is -4.28. The number of nitrogens with one attached hydrogen (secondary N) is 2. The number of anilines is 2. The van der Waals surface area contributed by atoms with Crippen molar-refractivity contribution in [2.75, 3.05) is 16.2 Å². The van der Waals surface area contributed by atoms with Crippen LogP contribution in [0.5, 0.6) is 0 Å². The second-order valence-corrected chi connectivity index (χ2v) is 8.84. The van der Waals surface area contributed by atoms with E-state index in [-0.39, 0.29) is 15.9 Å². The normalized spacial score (nSPS) is 11.2. The molecule has 0 unspecified atom stereocenters. The van der Waals surface area contributed by atoms with E-state index in [1.165, 1.54) is 23.9 Å². The van der Waals surface area contributed by atoms with Gasteiger partial charge in [0.25, 0.3) is 21.3 Å². The molecule has 0 bridgehead atoms. The van der Waals surface area contributed by atoms with Crippen molar-refractivity contribution in [2.24, 2.45) is 0 Å². The SMILES string of the molecule is Nc1nc(SCCc2ccccc2)[nH]c(=O)c1NS(=O)(=O)c1cccc([N+](=O)[O-])c1. The minimum Gasteiger partial charge on any atom is -0.382 e. The van der Waals surface area contributed by atoms with Gasteiger partial charge in [-0.3, -0.25) is 24.6 Å². The van der Waals surface area contributed by atoms with Gasteiger partial charge in [-0.05, 0) is 18.1 Å². The third-order valence-corrected chi connectivity index (χ3v) is 6.20. The number of aromatic nitrogens is 2. The maximum absolute atomic E-state index is 12.5. The van der Waals surface area contributed by atoms with Crippen molar-refractivity contribution in [1.29, 1.82) is 0 Å². The molecule has 0 atom stereocenters. The number of non-ortho nitro benzene ring substituents is 1. The number of nitrogens with zero attached hydrogens (tertiary/aromatic N) is 2. The van der Waals surface area contributed by atoms with Crippen LogP contribution in [0.25, 0.3) is 0 Å². The largest absolute Gasteiger partial charge is 0.382 e. The summed E-state index contributed by atoms with van der Waals surface area (Å²) in [5.74, 6) is 0.334. The summed E-state index contributed by atoms with van der Waals surface area (Å²) in [5, 5.41) is 11.1. The first-order valence-corrected chi connectivity index (χ1v) is 11.1. The van der Waals surface area contributed by atoms with Crippen molar-refractivity contribution in [3.63, 3.8) is 0 Å². The number of nitro benzene ring substituents is 1. The lowest BCUT2D eigenvalue weighted by Gasteiger charge is -2.10. The van der Waals surface area contributed by atoms with E-state index in [1.807, 2.05) is 30.3 Å². The first-order valence-electron chi connectivity index (χ1n) is 8.60. The summed E-state index contributed by atoms with van der Waals surface area (Å²) >= 11 is 1.27. The van der Waals surface area contributed by atoms with E-state index in [2.05, 4.69) is 14.7 Å². The molecular weight excluding hydrogens is 430 g/mol. The van der Waals surface area contributed by atoms with Crippen LogP contribution in [-0.2, 0) is 16.4 Å². The number of aryl methyl sites for hydroxylation is 1. The molecule has 4 N–H and O–H groups in total. The Bertz CT molecular complexity index is 1230. The number of benzene rings is 2. The first kappa shape index (κ1) is 21.3. The molecule has 12 heteroatoms. The first-order chi connectivity index (χ1) is 14.3. The number of hydrogen-bond donors (Lipinski definition) is 3. The highest BCUT2D eigenvalue weighted by Crippen LogP contribution is 2.22. The summed E-state index contributed by atoms with van der Waals surface area (Å²) < 4.78 is 27.1. The third-order valence-electron chi connectivity index (χ3n) is 3.97. The summed E-state index contributed by atoms with van der Waals surface area (Å²) in [6.45, 7) is 0. The zero-order valence-electron chi connectivity index (χ0n) is 15.4. The van der Waals surface area contributed by atoms with Gasteiger partial charge in [-0.15, -0.1) is 0 Å². The number of rotatable bonds is 8. The van der Waals surface area contributed by atoms with Gasteiger partial charge in [-0.25, -0.2) is 13.4 Å². The maximum Gasteiger partial charge on any atom is 0.278 e. The number of aromatic amines is 1. The van der Waals surface area contributed by atoms with Crippen LogP contribution >= 0.6 is 11.8 Å². The number of hydrogen-bond acceptors (Lipinski definition) is 8. The molecule has 2 aromatic carbocycles. The number of nitrogen functional groups attached to an aromatic ring is 1. The molecule has 0 saturated carbocycles. The average Bonchev–Trinajstić information content (AvgIpc) is 2.72. The number of H-pyrrole nitrogens is 1. The van der Waals surface area contributed by atoms with Crippen LogP contribution in [0, 0.1) is 10.1 Å². The molecule has 3 rings (SSSR count). The minimum absolute atomic E-state index is 0.256. The smallest absolute Gasteiger partial charge is 0.278 e. The lowest BCUT2D eigenvalue weighted by atomic mass is 10.2. The molecule has 1 heterocycles. The van der Waals surface area contributed by atoms with Crippen LogP contribution in [0.4, 0.5) is 17.2 Å². The van der Waals surface area contributed by atoms with Crippen molar-refractivity contribution in [2.45, 2.75) is 16.5 Å². The number of nitrogens with two attached hydrogens (primary N) is 1. The number of sulfonamides is 1. The van der Waals surface area contributed by atoms with Crippen molar-refractivity contribution in [3.05, 3.63) is 80.6 Å². The van der Waals surface area contributed by atoms with Crippen LogP contribution in [0.3, 0.4) is 0 Å². The fourth-order valence-corrected chi connectivity index (χ4v) is 4.48. The fourth-order valence-electron chi connectivity index (χ4n) is 2.50. The fraction of sp³-hybridized carbons (Fsp3) is 0.111. The van der Waals surface area contributed by atoms with Gasteiger partial charge in [-0.1, -0.05) is 48.2 Å². The number of nitro groups is 1. The highest BCUT2D eigenvalue weighted by atomic mass is 32.2. The molecule has 3 aromatic rings. The summed E-state index contributed by atoms with van der Waals surface area (Å²) in [6.07, 6.45) is 0.746. The Labute approximate surface area is 175 Å².